The van der Waals surface area contributed by atoms with Crippen molar-refractivity contribution in [2.45, 2.75) is 6.43 Å². The molecule has 0 fully saturated rings. The number of esters is 1. The van der Waals surface area contributed by atoms with Crippen LogP contribution in [0.4, 0.5) is 8.78 Å². The maximum absolute atomic E-state index is 12.7. The normalized spacial score (nSPS) is 11.0. The van der Waals surface area contributed by atoms with Gasteiger partial charge in [0.15, 0.2) is 0 Å². The van der Waals surface area contributed by atoms with E-state index in [-0.39, 0.29) is 11.3 Å². The SMILES string of the molecule is COC(=O)c1cc2cccc(C(F)F)n2c1. The second-order valence-electron chi connectivity index (χ2n) is 3.27. The third kappa shape index (κ3) is 1.64. The predicted molar refractivity (Wildman–Crippen MR) is 53.7 cm³/mol. The zero-order chi connectivity index (χ0) is 11.7. The van der Waals surface area contributed by atoms with Crippen LogP contribution in [-0.2, 0) is 4.74 Å². The van der Waals surface area contributed by atoms with Crippen molar-refractivity contribution in [1.29, 1.82) is 0 Å². The van der Waals surface area contributed by atoms with E-state index in [1.165, 1.54) is 35.9 Å². The molecule has 0 atom stereocenters. The molecular formula is C11H9F2NO2. The predicted octanol–water partition coefficient (Wildman–Crippen LogP) is 2.66. The van der Waals surface area contributed by atoms with Crippen LogP contribution in [0, 0.1) is 0 Å². The zero-order valence-corrected chi connectivity index (χ0v) is 8.48. The van der Waals surface area contributed by atoms with Gasteiger partial charge in [-0.25, -0.2) is 13.6 Å². The molecule has 3 nitrogen and oxygen atoms in total. The number of methoxy groups -OCH3 is 1. The number of hydrogen-bond acceptors (Lipinski definition) is 2. The molecule has 0 bridgehead atoms. The van der Waals surface area contributed by atoms with Gasteiger partial charge < -0.3 is 9.14 Å². The Kier molecular flexibility index (Phi) is 2.60. The third-order valence-electron chi connectivity index (χ3n) is 2.31. The van der Waals surface area contributed by atoms with Crippen molar-refractivity contribution in [3.05, 3.63) is 41.7 Å². The highest BCUT2D eigenvalue weighted by Gasteiger charge is 2.14. The van der Waals surface area contributed by atoms with Crippen LogP contribution in [0.5, 0.6) is 0 Å². The van der Waals surface area contributed by atoms with E-state index in [4.69, 9.17) is 0 Å². The Bertz CT molecular complexity index is 534. The average Bonchev–Trinajstić information content (AvgIpc) is 2.70. The van der Waals surface area contributed by atoms with Crippen molar-refractivity contribution in [3.63, 3.8) is 0 Å². The molecule has 0 saturated heterocycles. The second-order valence-corrected chi connectivity index (χ2v) is 3.27. The molecule has 0 aliphatic carbocycles. The van der Waals surface area contributed by atoms with Gasteiger partial charge in [-0.1, -0.05) is 6.07 Å². The minimum absolute atomic E-state index is 0.146. The average molecular weight is 225 g/mol. The topological polar surface area (TPSA) is 30.7 Å². The maximum Gasteiger partial charge on any atom is 0.339 e. The fourth-order valence-corrected chi connectivity index (χ4v) is 1.56. The molecule has 84 valence electrons. The molecule has 2 rings (SSSR count). The molecule has 2 aromatic heterocycles. The number of fused-ring (bicyclic) bond motifs is 1. The van der Waals surface area contributed by atoms with E-state index in [1.807, 2.05) is 0 Å². The van der Waals surface area contributed by atoms with Crippen molar-refractivity contribution in [1.82, 2.24) is 4.40 Å². The first-order valence-corrected chi connectivity index (χ1v) is 4.61. The van der Waals surface area contributed by atoms with Gasteiger partial charge in [-0.15, -0.1) is 0 Å². The van der Waals surface area contributed by atoms with Crippen LogP contribution >= 0.6 is 0 Å². The van der Waals surface area contributed by atoms with Gasteiger partial charge >= 0.3 is 5.97 Å². The van der Waals surface area contributed by atoms with Gasteiger partial charge in [0.1, 0.15) is 0 Å². The molecule has 0 N–H and O–H groups in total. The Morgan fingerprint density at radius 2 is 2.19 bits per heavy atom. The standard InChI is InChI=1S/C11H9F2NO2/c1-16-11(15)7-5-8-3-2-4-9(10(12)13)14(8)6-7/h2-6,10H,1H3. The number of ether oxygens (including phenoxy) is 1. The van der Waals surface area contributed by atoms with Gasteiger partial charge in [0.2, 0.25) is 0 Å². The molecule has 0 aliphatic heterocycles. The van der Waals surface area contributed by atoms with Gasteiger partial charge in [-0.3, -0.25) is 0 Å². The molecule has 0 spiro atoms. The Labute approximate surface area is 90.3 Å². The molecule has 2 aromatic rings. The molecule has 0 aliphatic rings. The van der Waals surface area contributed by atoms with E-state index in [0.29, 0.717) is 5.52 Å². The number of halogens is 2. The van der Waals surface area contributed by atoms with E-state index in [2.05, 4.69) is 4.74 Å². The number of carbonyl (C=O) groups is 1. The van der Waals surface area contributed by atoms with Crippen LogP contribution in [0.25, 0.3) is 5.52 Å². The van der Waals surface area contributed by atoms with Crippen molar-refractivity contribution >= 4 is 11.5 Å². The quantitative estimate of drug-likeness (QED) is 0.735. The fourth-order valence-electron chi connectivity index (χ4n) is 1.56. The summed E-state index contributed by atoms with van der Waals surface area (Å²) in [5, 5.41) is 0. The van der Waals surface area contributed by atoms with Crippen LogP contribution in [0.3, 0.4) is 0 Å². The zero-order valence-electron chi connectivity index (χ0n) is 8.48. The lowest BCUT2D eigenvalue weighted by molar-refractivity contribution is 0.0600. The van der Waals surface area contributed by atoms with Crippen molar-refractivity contribution in [2.75, 3.05) is 7.11 Å². The van der Waals surface area contributed by atoms with E-state index >= 15 is 0 Å². The van der Waals surface area contributed by atoms with Gasteiger partial charge in [0.05, 0.1) is 18.4 Å². The first-order chi connectivity index (χ1) is 7.63. The first-order valence-electron chi connectivity index (χ1n) is 4.61. The molecule has 0 aromatic carbocycles. The van der Waals surface area contributed by atoms with E-state index < -0.39 is 12.4 Å². The first kappa shape index (κ1) is 10.6. The molecule has 5 heteroatoms. The Morgan fingerprint density at radius 3 is 2.81 bits per heavy atom. The highest BCUT2D eigenvalue weighted by atomic mass is 19.3. The molecule has 0 radical (unpaired) electrons. The minimum Gasteiger partial charge on any atom is -0.465 e. The summed E-state index contributed by atoms with van der Waals surface area (Å²) in [6.45, 7) is 0. The van der Waals surface area contributed by atoms with Crippen molar-refractivity contribution in [3.8, 4) is 0 Å². The molecule has 2 heterocycles. The van der Waals surface area contributed by atoms with Gasteiger partial charge in [0, 0.05) is 11.7 Å². The molecule has 0 unspecified atom stereocenters. The second kappa shape index (κ2) is 3.92. The molecule has 16 heavy (non-hydrogen) atoms. The smallest absolute Gasteiger partial charge is 0.339 e. The number of alkyl halides is 2. The highest BCUT2D eigenvalue weighted by molar-refractivity contribution is 5.91. The number of rotatable bonds is 2. The molecule has 0 saturated carbocycles. The Hall–Kier alpha value is -1.91. The third-order valence-corrected chi connectivity index (χ3v) is 2.31. The summed E-state index contributed by atoms with van der Waals surface area (Å²) < 4.78 is 31.1. The summed E-state index contributed by atoms with van der Waals surface area (Å²) in [7, 11) is 1.25. The molecular weight excluding hydrogens is 216 g/mol. The number of hydrogen-bond donors (Lipinski definition) is 0. The van der Waals surface area contributed by atoms with Crippen molar-refractivity contribution < 1.29 is 18.3 Å². The van der Waals surface area contributed by atoms with Crippen LogP contribution in [0.15, 0.2) is 30.5 Å². The summed E-state index contributed by atoms with van der Waals surface area (Å²) in [5.74, 6) is -0.538. The van der Waals surface area contributed by atoms with Gasteiger partial charge in [-0.2, -0.15) is 0 Å². The van der Waals surface area contributed by atoms with Crippen LogP contribution in [-0.4, -0.2) is 17.5 Å². The Balaban J connectivity index is 2.61. The monoisotopic (exact) mass is 225 g/mol. The van der Waals surface area contributed by atoms with E-state index in [1.54, 1.807) is 6.07 Å². The lowest BCUT2D eigenvalue weighted by Crippen LogP contribution is -1.99. The number of aromatic nitrogens is 1. The maximum atomic E-state index is 12.7. The summed E-state index contributed by atoms with van der Waals surface area (Å²) in [6.07, 6.45) is -1.23. The number of carbonyl (C=O) groups excluding carboxylic acids is 1. The summed E-state index contributed by atoms with van der Waals surface area (Å²) in [6, 6.07) is 6.01. The van der Waals surface area contributed by atoms with Crippen LogP contribution in [0.2, 0.25) is 0 Å². The highest BCUT2D eigenvalue weighted by Crippen LogP contribution is 2.22. The van der Waals surface area contributed by atoms with Crippen LogP contribution < -0.4 is 0 Å². The fraction of sp³-hybridized carbons (Fsp3) is 0.182. The summed E-state index contributed by atoms with van der Waals surface area (Å²) in [4.78, 5) is 11.2. The Morgan fingerprint density at radius 1 is 1.44 bits per heavy atom. The van der Waals surface area contributed by atoms with Crippen LogP contribution in [0.1, 0.15) is 22.5 Å². The lowest BCUT2D eigenvalue weighted by Gasteiger charge is -2.03. The van der Waals surface area contributed by atoms with Crippen molar-refractivity contribution in [2.24, 2.45) is 0 Å². The van der Waals surface area contributed by atoms with Gasteiger partial charge in [0.25, 0.3) is 6.43 Å². The largest absolute Gasteiger partial charge is 0.465 e. The minimum atomic E-state index is -2.58. The van der Waals surface area contributed by atoms with E-state index in [0.717, 1.165) is 0 Å². The lowest BCUT2D eigenvalue weighted by atomic mass is 10.3. The van der Waals surface area contributed by atoms with E-state index in [9.17, 15) is 13.6 Å². The van der Waals surface area contributed by atoms with Gasteiger partial charge in [-0.05, 0) is 18.2 Å². The number of pyridine rings is 1. The summed E-state index contributed by atoms with van der Waals surface area (Å²) in [5.41, 5.74) is 0.654. The number of nitrogens with zero attached hydrogens (tertiary/aromatic N) is 1. The molecule has 0 amide bonds. The summed E-state index contributed by atoms with van der Waals surface area (Å²) >= 11 is 0.